The van der Waals surface area contributed by atoms with Crippen LogP contribution in [0.25, 0.3) is 0 Å². The van der Waals surface area contributed by atoms with Gasteiger partial charge in [-0.25, -0.2) is 0 Å². The second-order valence-electron chi connectivity index (χ2n) is 4.88. The third-order valence-corrected chi connectivity index (χ3v) is 3.29. The van der Waals surface area contributed by atoms with Gasteiger partial charge in [-0.05, 0) is 44.7 Å². The maximum atomic E-state index is 12.9. The van der Waals surface area contributed by atoms with E-state index >= 15 is 0 Å². The highest BCUT2D eigenvalue weighted by Crippen LogP contribution is 2.38. The second-order valence-corrected chi connectivity index (χ2v) is 4.88. The molecule has 0 saturated heterocycles. The molecule has 1 saturated carbocycles. The molecular formula is C14H17F3O. The lowest BCUT2D eigenvalue weighted by Gasteiger charge is -2.25. The molecule has 1 fully saturated rings. The van der Waals surface area contributed by atoms with E-state index in [1.165, 1.54) is 6.07 Å². The highest BCUT2D eigenvalue weighted by Gasteiger charge is 2.35. The molecule has 0 heterocycles. The van der Waals surface area contributed by atoms with Gasteiger partial charge in [0, 0.05) is 0 Å². The van der Waals surface area contributed by atoms with Crippen LogP contribution in [0.3, 0.4) is 0 Å². The standard InChI is InChI=1S/C14H17F3O/c1-10-7-8-13(12(9-10)14(15,16)17)18-11-5-3-2-4-6-11/h7-9,11H,2-6H2,1H3. The summed E-state index contributed by atoms with van der Waals surface area (Å²) < 4.78 is 44.3. The predicted molar refractivity (Wildman–Crippen MR) is 63.7 cm³/mol. The number of rotatable bonds is 2. The van der Waals surface area contributed by atoms with Gasteiger partial charge in [0.1, 0.15) is 5.75 Å². The first-order valence-corrected chi connectivity index (χ1v) is 6.31. The molecule has 0 radical (unpaired) electrons. The highest BCUT2D eigenvalue weighted by molar-refractivity contribution is 5.39. The van der Waals surface area contributed by atoms with Crippen LogP contribution in [0.2, 0.25) is 0 Å². The lowest BCUT2D eigenvalue weighted by molar-refractivity contribution is -0.139. The average Bonchev–Trinajstić information content (AvgIpc) is 2.31. The Bertz CT molecular complexity index is 406. The number of benzene rings is 1. The van der Waals surface area contributed by atoms with Gasteiger partial charge in [0.2, 0.25) is 0 Å². The van der Waals surface area contributed by atoms with Crippen molar-refractivity contribution in [3.63, 3.8) is 0 Å². The van der Waals surface area contributed by atoms with E-state index in [0.717, 1.165) is 38.2 Å². The third-order valence-electron chi connectivity index (χ3n) is 3.29. The van der Waals surface area contributed by atoms with Crippen LogP contribution in [0.4, 0.5) is 13.2 Å². The number of alkyl halides is 3. The van der Waals surface area contributed by atoms with Crippen LogP contribution < -0.4 is 4.74 Å². The Morgan fingerprint density at radius 1 is 1.11 bits per heavy atom. The highest BCUT2D eigenvalue weighted by atomic mass is 19.4. The van der Waals surface area contributed by atoms with E-state index in [0.29, 0.717) is 5.56 Å². The summed E-state index contributed by atoms with van der Waals surface area (Å²) in [6.45, 7) is 1.65. The minimum Gasteiger partial charge on any atom is -0.490 e. The van der Waals surface area contributed by atoms with E-state index in [-0.39, 0.29) is 11.9 Å². The van der Waals surface area contributed by atoms with Gasteiger partial charge in [0.05, 0.1) is 11.7 Å². The van der Waals surface area contributed by atoms with Crippen LogP contribution in [0, 0.1) is 6.92 Å². The van der Waals surface area contributed by atoms with E-state index in [1.54, 1.807) is 13.0 Å². The van der Waals surface area contributed by atoms with Crippen molar-refractivity contribution in [1.29, 1.82) is 0 Å². The zero-order chi connectivity index (χ0) is 13.2. The van der Waals surface area contributed by atoms with Gasteiger partial charge >= 0.3 is 6.18 Å². The molecule has 0 unspecified atom stereocenters. The second kappa shape index (κ2) is 5.21. The molecule has 0 amide bonds. The molecule has 0 bridgehead atoms. The Hall–Kier alpha value is -1.19. The summed E-state index contributed by atoms with van der Waals surface area (Å²) in [5.74, 6) is -0.0278. The monoisotopic (exact) mass is 258 g/mol. The summed E-state index contributed by atoms with van der Waals surface area (Å²) in [5.41, 5.74) is -0.0635. The van der Waals surface area contributed by atoms with Crippen LogP contribution in [0.5, 0.6) is 5.75 Å². The van der Waals surface area contributed by atoms with E-state index in [2.05, 4.69) is 0 Å². The van der Waals surface area contributed by atoms with Crippen molar-refractivity contribution in [2.45, 2.75) is 51.3 Å². The lowest BCUT2D eigenvalue weighted by atomic mass is 9.97. The number of aryl methyl sites for hydroxylation is 1. The summed E-state index contributed by atoms with van der Waals surface area (Å²) in [6.07, 6.45) is 0.518. The zero-order valence-corrected chi connectivity index (χ0v) is 10.4. The minimum absolute atomic E-state index is 0.0278. The molecule has 1 aliphatic rings. The summed E-state index contributed by atoms with van der Waals surface area (Å²) >= 11 is 0. The van der Waals surface area contributed by atoms with Crippen LogP contribution in [-0.4, -0.2) is 6.10 Å². The Morgan fingerprint density at radius 3 is 2.39 bits per heavy atom. The van der Waals surface area contributed by atoms with E-state index in [9.17, 15) is 13.2 Å². The largest absolute Gasteiger partial charge is 0.490 e. The molecule has 0 N–H and O–H groups in total. The Morgan fingerprint density at radius 2 is 1.78 bits per heavy atom. The molecule has 4 heteroatoms. The summed E-state index contributed by atoms with van der Waals surface area (Å²) in [7, 11) is 0. The van der Waals surface area contributed by atoms with Gasteiger partial charge < -0.3 is 4.74 Å². The Balaban J connectivity index is 2.21. The normalized spacial score (nSPS) is 17.8. The van der Waals surface area contributed by atoms with Crippen molar-refractivity contribution in [1.82, 2.24) is 0 Å². The average molecular weight is 258 g/mol. The minimum atomic E-state index is -4.35. The first kappa shape index (κ1) is 13.2. The van der Waals surface area contributed by atoms with Crippen LogP contribution in [0.1, 0.15) is 43.2 Å². The fraction of sp³-hybridized carbons (Fsp3) is 0.571. The Labute approximate surface area is 105 Å². The summed E-state index contributed by atoms with van der Waals surface area (Å²) in [4.78, 5) is 0. The molecule has 2 rings (SSSR count). The van der Waals surface area contributed by atoms with Crippen molar-refractivity contribution in [2.24, 2.45) is 0 Å². The number of hydrogen-bond donors (Lipinski definition) is 0. The molecular weight excluding hydrogens is 241 g/mol. The Kier molecular flexibility index (Phi) is 3.83. The SMILES string of the molecule is Cc1ccc(OC2CCCCC2)c(C(F)(F)F)c1. The topological polar surface area (TPSA) is 9.23 Å². The maximum absolute atomic E-state index is 12.9. The van der Waals surface area contributed by atoms with Gasteiger partial charge in [-0.3, -0.25) is 0 Å². The van der Waals surface area contributed by atoms with Crippen molar-refractivity contribution in [3.8, 4) is 5.75 Å². The van der Waals surface area contributed by atoms with Gasteiger partial charge in [-0.1, -0.05) is 18.1 Å². The van der Waals surface area contributed by atoms with E-state index in [1.807, 2.05) is 0 Å². The van der Waals surface area contributed by atoms with Crippen molar-refractivity contribution in [3.05, 3.63) is 29.3 Å². The predicted octanol–water partition coefficient (Wildman–Crippen LogP) is 4.73. The number of hydrogen-bond acceptors (Lipinski definition) is 1. The quantitative estimate of drug-likeness (QED) is 0.745. The molecule has 0 aromatic heterocycles. The van der Waals surface area contributed by atoms with Crippen molar-refractivity contribution in [2.75, 3.05) is 0 Å². The number of ether oxygens (including phenoxy) is 1. The molecule has 1 aromatic carbocycles. The smallest absolute Gasteiger partial charge is 0.419 e. The molecule has 1 nitrogen and oxygen atoms in total. The maximum Gasteiger partial charge on any atom is 0.419 e. The van der Waals surface area contributed by atoms with Crippen LogP contribution in [-0.2, 0) is 6.18 Å². The van der Waals surface area contributed by atoms with Crippen molar-refractivity contribution >= 4 is 0 Å². The van der Waals surface area contributed by atoms with Crippen LogP contribution >= 0.6 is 0 Å². The molecule has 0 atom stereocenters. The molecule has 100 valence electrons. The molecule has 1 aromatic rings. The van der Waals surface area contributed by atoms with Gasteiger partial charge in [-0.2, -0.15) is 13.2 Å². The summed E-state index contributed by atoms with van der Waals surface area (Å²) in [6, 6.07) is 4.25. The van der Waals surface area contributed by atoms with Gasteiger partial charge in [0.15, 0.2) is 0 Å². The fourth-order valence-corrected chi connectivity index (χ4v) is 2.33. The molecule has 1 aliphatic carbocycles. The van der Waals surface area contributed by atoms with Crippen molar-refractivity contribution < 1.29 is 17.9 Å². The van der Waals surface area contributed by atoms with Gasteiger partial charge in [0.25, 0.3) is 0 Å². The van der Waals surface area contributed by atoms with E-state index < -0.39 is 11.7 Å². The third kappa shape index (κ3) is 3.18. The molecule has 0 aliphatic heterocycles. The first-order valence-electron chi connectivity index (χ1n) is 6.31. The zero-order valence-electron chi connectivity index (χ0n) is 10.4. The summed E-state index contributed by atoms with van der Waals surface area (Å²) in [5, 5.41) is 0. The van der Waals surface area contributed by atoms with Gasteiger partial charge in [-0.15, -0.1) is 0 Å². The van der Waals surface area contributed by atoms with E-state index in [4.69, 9.17) is 4.74 Å². The fourth-order valence-electron chi connectivity index (χ4n) is 2.33. The number of halogens is 3. The first-order chi connectivity index (χ1) is 8.47. The molecule has 18 heavy (non-hydrogen) atoms. The lowest BCUT2D eigenvalue weighted by Crippen LogP contribution is -2.21. The van der Waals surface area contributed by atoms with Crippen LogP contribution in [0.15, 0.2) is 18.2 Å². The molecule has 0 spiro atoms.